The molecule has 1 aromatic heterocycles. The van der Waals surface area contributed by atoms with Crippen LogP contribution in [0.25, 0.3) is 10.9 Å². The molecule has 0 atom stereocenters. The zero-order valence-corrected chi connectivity index (χ0v) is 10.9. The molecule has 2 rings (SSSR count). The Hall–Kier alpha value is -0.890. The topological polar surface area (TPSA) is 12.9 Å². The number of fused-ring (bicyclic) bond motifs is 1. The lowest BCUT2D eigenvalue weighted by Crippen LogP contribution is -1.90. The van der Waals surface area contributed by atoms with Crippen molar-refractivity contribution in [2.24, 2.45) is 0 Å². The summed E-state index contributed by atoms with van der Waals surface area (Å²) in [6.45, 7) is 6.41. The maximum Gasteiger partial charge on any atom is 0.110 e. The molecule has 0 spiro atoms. The molecule has 1 aromatic carbocycles. The molecule has 1 nitrogen and oxygen atoms in total. The summed E-state index contributed by atoms with van der Waals surface area (Å²) < 4.78 is 0.973. The highest BCUT2D eigenvalue weighted by molar-refractivity contribution is 9.10. The minimum absolute atomic E-state index is 0.973. The number of nitrogens with zero attached hydrogens (tertiary/aromatic N) is 1. The molecule has 0 N–H and O–H groups in total. The summed E-state index contributed by atoms with van der Waals surface area (Å²) in [6.07, 6.45) is 1.01. The van der Waals surface area contributed by atoms with Gasteiger partial charge in [0.25, 0.3) is 0 Å². The van der Waals surface area contributed by atoms with E-state index in [9.17, 15) is 0 Å². The Morgan fingerprint density at radius 1 is 1.13 bits per heavy atom. The highest BCUT2D eigenvalue weighted by Crippen LogP contribution is 2.23. The fourth-order valence-electron chi connectivity index (χ4n) is 1.71. The number of hydrogen-bond donors (Lipinski definition) is 0. The molecule has 0 saturated heterocycles. The maximum atomic E-state index is 4.57. The maximum absolute atomic E-state index is 4.57. The quantitative estimate of drug-likeness (QED) is 0.704. The number of pyridine rings is 1. The van der Waals surface area contributed by atoms with Gasteiger partial charge < -0.3 is 0 Å². The van der Waals surface area contributed by atoms with Gasteiger partial charge in [-0.25, -0.2) is 4.98 Å². The zero-order valence-electron chi connectivity index (χ0n) is 9.26. The third-order valence-corrected chi connectivity index (χ3v) is 3.52. The van der Waals surface area contributed by atoms with Crippen LogP contribution in [0.3, 0.4) is 0 Å². The molecule has 0 fully saturated rings. The number of aryl methyl sites for hydroxylation is 3. The van der Waals surface area contributed by atoms with Crippen molar-refractivity contribution in [3.05, 3.63) is 39.5 Å². The summed E-state index contributed by atoms with van der Waals surface area (Å²) in [5.41, 5.74) is 4.97. The van der Waals surface area contributed by atoms with Crippen LogP contribution in [0.1, 0.15) is 23.6 Å². The Kier molecular flexibility index (Phi) is 2.79. The standard InChI is InChI=1S/C13H14BrN/c1-4-10-7-11-5-8(2)9(3)6-12(11)15-13(10)14/h5-7H,4H2,1-3H3. The van der Waals surface area contributed by atoms with E-state index in [1.54, 1.807) is 0 Å². The molecule has 0 unspecified atom stereocenters. The van der Waals surface area contributed by atoms with Gasteiger partial charge in [-0.05, 0) is 71.1 Å². The van der Waals surface area contributed by atoms with Crippen molar-refractivity contribution < 1.29 is 0 Å². The van der Waals surface area contributed by atoms with Crippen LogP contribution in [-0.4, -0.2) is 4.98 Å². The first-order valence-corrected chi connectivity index (χ1v) is 5.97. The van der Waals surface area contributed by atoms with Gasteiger partial charge in [0.2, 0.25) is 0 Å². The summed E-state index contributed by atoms with van der Waals surface area (Å²) in [6, 6.07) is 6.58. The van der Waals surface area contributed by atoms with Gasteiger partial charge >= 0.3 is 0 Å². The van der Waals surface area contributed by atoms with Gasteiger partial charge in [0.05, 0.1) is 5.52 Å². The molecule has 15 heavy (non-hydrogen) atoms. The van der Waals surface area contributed by atoms with Crippen molar-refractivity contribution in [3.63, 3.8) is 0 Å². The van der Waals surface area contributed by atoms with Gasteiger partial charge in [0.15, 0.2) is 0 Å². The second-order valence-electron chi connectivity index (χ2n) is 3.92. The number of benzene rings is 1. The highest BCUT2D eigenvalue weighted by atomic mass is 79.9. The minimum Gasteiger partial charge on any atom is -0.241 e. The number of halogens is 1. The summed E-state index contributed by atoms with van der Waals surface area (Å²) >= 11 is 3.51. The van der Waals surface area contributed by atoms with Crippen LogP contribution in [0.5, 0.6) is 0 Å². The molecule has 0 aliphatic rings. The van der Waals surface area contributed by atoms with E-state index in [1.807, 2.05) is 0 Å². The highest BCUT2D eigenvalue weighted by Gasteiger charge is 2.04. The number of aromatic nitrogens is 1. The van der Waals surface area contributed by atoms with Crippen LogP contribution < -0.4 is 0 Å². The molecule has 1 heterocycles. The lowest BCUT2D eigenvalue weighted by molar-refractivity contribution is 1.10. The predicted octanol–water partition coefficient (Wildman–Crippen LogP) is 4.18. The third-order valence-electron chi connectivity index (χ3n) is 2.84. The van der Waals surface area contributed by atoms with Crippen LogP contribution in [0.2, 0.25) is 0 Å². The van der Waals surface area contributed by atoms with Gasteiger partial charge in [-0.15, -0.1) is 0 Å². The van der Waals surface area contributed by atoms with Gasteiger partial charge in [-0.3, -0.25) is 0 Å². The third kappa shape index (κ3) is 1.91. The van der Waals surface area contributed by atoms with Crippen molar-refractivity contribution in [1.29, 1.82) is 0 Å². The Labute approximate surface area is 98.7 Å². The molecule has 0 bridgehead atoms. The Balaban J connectivity index is 2.76. The molecule has 0 radical (unpaired) electrons. The monoisotopic (exact) mass is 263 g/mol. The number of rotatable bonds is 1. The summed E-state index contributed by atoms with van der Waals surface area (Å²) in [7, 11) is 0. The van der Waals surface area contributed by atoms with Crippen LogP contribution in [0.15, 0.2) is 22.8 Å². The molecule has 2 heteroatoms. The zero-order chi connectivity index (χ0) is 11.0. The molecule has 0 aliphatic carbocycles. The Morgan fingerprint density at radius 2 is 1.80 bits per heavy atom. The van der Waals surface area contributed by atoms with Crippen LogP contribution in [0, 0.1) is 13.8 Å². The van der Waals surface area contributed by atoms with E-state index >= 15 is 0 Å². The smallest absolute Gasteiger partial charge is 0.110 e. The van der Waals surface area contributed by atoms with Crippen LogP contribution in [-0.2, 0) is 6.42 Å². The minimum atomic E-state index is 0.973. The second kappa shape index (κ2) is 3.93. The van der Waals surface area contributed by atoms with E-state index in [-0.39, 0.29) is 0 Å². The van der Waals surface area contributed by atoms with Gasteiger partial charge in [-0.2, -0.15) is 0 Å². The normalized spacial score (nSPS) is 10.9. The van der Waals surface area contributed by atoms with Gasteiger partial charge in [0, 0.05) is 5.39 Å². The van der Waals surface area contributed by atoms with Crippen LogP contribution >= 0.6 is 15.9 Å². The Bertz CT molecular complexity index is 517. The molecule has 0 amide bonds. The molecular weight excluding hydrogens is 250 g/mol. The summed E-state index contributed by atoms with van der Waals surface area (Å²) in [5.74, 6) is 0. The van der Waals surface area contributed by atoms with Crippen molar-refractivity contribution in [2.75, 3.05) is 0 Å². The average Bonchev–Trinajstić information content (AvgIpc) is 2.20. The molecule has 0 saturated carbocycles. The van der Waals surface area contributed by atoms with Gasteiger partial charge in [0.1, 0.15) is 4.60 Å². The largest absolute Gasteiger partial charge is 0.241 e. The molecule has 0 aliphatic heterocycles. The van der Waals surface area contributed by atoms with E-state index < -0.39 is 0 Å². The summed E-state index contributed by atoms with van der Waals surface area (Å²) in [4.78, 5) is 4.57. The van der Waals surface area contributed by atoms with Crippen molar-refractivity contribution in [2.45, 2.75) is 27.2 Å². The van der Waals surface area contributed by atoms with Crippen molar-refractivity contribution in [1.82, 2.24) is 4.98 Å². The van der Waals surface area contributed by atoms with E-state index in [1.165, 1.54) is 22.1 Å². The predicted molar refractivity (Wildman–Crippen MR) is 68.3 cm³/mol. The van der Waals surface area contributed by atoms with Crippen molar-refractivity contribution in [3.8, 4) is 0 Å². The molecular formula is C13H14BrN. The first-order valence-electron chi connectivity index (χ1n) is 5.18. The average molecular weight is 264 g/mol. The molecule has 78 valence electrons. The molecule has 2 aromatic rings. The first kappa shape index (κ1) is 10.6. The fourth-order valence-corrected chi connectivity index (χ4v) is 2.29. The lowest BCUT2D eigenvalue weighted by Gasteiger charge is -2.06. The van der Waals surface area contributed by atoms with E-state index in [4.69, 9.17) is 0 Å². The SMILES string of the molecule is CCc1cc2cc(C)c(C)cc2nc1Br. The van der Waals surface area contributed by atoms with E-state index in [0.717, 1.165) is 16.5 Å². The lowest BCUT2D eigenvalue weighted by atomic mass is 10.0. The van der Waals surface area contributed by atoms with E-state index in [0.29, 0.717) is 0 Å². The van der Waals surface area contributed by atoms with E-state index in [2.05, 4.69) is 59.9 Å². The second-order valence-corrected chi connectivity index (χ2v) is 4.67. The first-order chi connectivity index (χ1) is 7.11. The fraction of sp³-hybridized carbons (Fsp3) is 0.308. The summed E-state index contributed by atoms with van der Waals surface area (Å²) in [5, 5.41) is 1.23. The Morgan fingerprint density at radius 3 is 2.47 bits per heavy atom. The van der Waals surface area contributed by atoms with Crippen molar-refractivity contribution >= 4 is 26.8 Å². The van der Waals surface area contributed by atoms with Crippen LogP contribution in [0.4, 0.5) is 0 Å². The number of hydrogen-bond acceptors (Lipinski definition) is 1. The van der Waals surface area contributed by atoms with Gasteiger partial charge in [-0.1, -0.05) is 6.92 Å².